The van der Waals surface area contributed by atoms with Crippen molar-refractivity contribution in [3.63, 3.8) is 0 Å². The van der Waals surface area contributed by atoms with Crippen LogP contribution in [0.3, 0.4) is 0 Å². The molecular weight excluding hydrogens is 434 g/mol. The van der Waals surface area contributed by atoms with Gasteiger partial charge in [0.25, 0.3) is 0 Å². The Balaban J connectivity index is 1.20. The predicted molar refractivity (Wildman–Crippen MR) is 129 cm³/mol. The zero-order chi connectivity index (χ0) is 23.0. The van der Waals surface area contributed by atoms with Crippen molar-refractivity contribution in [2.45, 2.75) is 83.8 Å². The fourth-order valence-corrected chi connectivity index (χ4v) is 9.15. The highest BCUT2D eigenvalue weighted by atomic mass is 35.5. The number of hydrogen-bond acceptors (Lipinski definition) is 4. The molecule has 4 aliphatic rings. The highest BCUT2D eigenvalue weighted by molar-refractivity contribution is 6.34. The molecule has 1 aromatic heterocycles. The maximum atomic E-state index is 13.6. The molecule has 1 heterocycles. The van der Waals surface area contributed by atoms with Gasteiger partial charge in [0.2, 0.25) is 0 Å². The number of aliphatic hydroxyl groups is 1. The zero-order valence-corrected chi connectivity index (χ0v) is 20.6. The summed E-state index contributed by atoms with van der Waals surface area (Å²) in [5.41, 5.74) is 1.16. The maximum Gasteiger partial charge on any atom is 0.157 e. The summed E-state index contributed by atoms with van der Waals surface area (Å²) in [4.78, 5) is 13.6. The zero-order valence-electron chi connectivity index (χ0n) is 19.8. The minimum atomic E-state index is -0.461. The third-order valence-electron chi connectivity index (χ3n) is 10.4. The van der Waals surface area contributed by atoms with E-state index in [2.05, 4.69) is 17.2 Å². The molecule has 0 aliphatic heterocycles. The van der Waals surface area contributed by atoms with E-state index in [1.54, 1.807) is 4.68 Å². The van der Waals surface area contributed by atoms with Crippen LogP contribution in [0.4, 0.5) is 0 Å². The number of Topliss-reactive ketones (excluding diaryl/α,β-unsaturated/α-hetero) is 1. The van der Waals surface area contributed by atoms with E-state index in [1.807, 2.05) is 25.1 Å². The monoisotopic (exact) mass is 469 g/mol. The molecule has 6 rings (SSSR count). The van der Waals surface area contributed by atoms with Gasteiger partial charge >= 0.3 is 0 Å². The van der Waals surface area contributed by atoms with Gasteiger partial charge in [-0.15, -0.1) is 5.10 Å². The molecule has 33 heavy (non-hydrogen) atoms. The van der Waals surface area contributed by atoms with Gasteiger partial charge < -0.3 is 5.11 Å². The lowest BCUT2D eigenvalue weighted by Crippen LogP contribution is -2.51. The first-order valence-electron chi connectivity index (χ1n) is 13.0. The Labute approximate surface area is 201 Å². The molecule has 1 aromatic carbocycles. The minimum Gasteiger partial charge on any atom is -0.390 e. The third-order valence-corrected chi connectivity index (χ3v) is 10.7. The number of rotatable bonds is 3. The maximum absolute atomic E-state index is 13.6. The van der Waals surface area contributed by atoms with E-state index in [0.29, 0.717) is 28.2 Å². The summed E-state index contributed by atoms with van der Waals surface area (Å²) in [5.74, 6) is 4.14. The number of hydrogen-bond donors (Lipinski definition) is 1. The second kappa shape index (κ2) is 7.78. The van der Waals surface area contributed by atoms with Crippen LogP contribution in [-0.4, -0.2) is 31.5 Å². The first-order chi connectivity index (χ1) is 15.8. The van der Waals surface area contributed by atoms with Crippen LogP contribution in [-0.2, 0) is 11.3 Å². The number of nitrogens with zero attached hydrogens (tertiary/aromatic N) is 3. The molecule has 5 nitrogen and oxygen atoms in total. The molecular formula is C27H36ClN3O2. The van der Waals surface area contributed by atoms with Crippen LogP contribution < -0.4 is 0 Å². The number of fused-ring (bicyclic) bond motifs is 6. The Hall–Kier alpha value is -1.46. The summed E-state index contributed by atoms with van der Waals surface area (Å²) in [6.07, 6.45) is 10.3. The van der Waals surface area contributed by atoms with Crippen molar-refractivity contribution in [3.8, 4) is 0 Å². The lowest BCUT2D eigenvalue weighted by atomic mass is 9.49. The number of carbonyl (C=O) groups excluding carboxylic acids is 1. The molecule has 178 valence electrons. The fourth-order valence-electron chi connectivity index (χ4n) is 8.94. The lowest BCUT2D eigenvalue weighted by molar-refractivity contribution is -0.133. The smallest absolute Gasteiger partial charge is 0.157 e. The largest absolute Gasteiger partial charge is 0.390 e. The molecule has 2 aromatic rings. The van der Waals surface area contributed by atoms with Crippen LogP contribution in [0.25, 0.3) is 11.0 Å². The molecule has 4 fully saturated rings. The second-order valence-corrected chi connectivity index (χ2v) is 12.6. The van der Waals surface area contributed by atoms with E-state index in [1.165, 1.54) is 38.5 Å². The molecule has 4 saturated carbocycles. The Bertz CT molecular complexity index is 1080. The average Bonchev–Trinajstić information content (AvgIpc) is 3.34. The van der Waals surface area contributed by atoms with E-state index in [9.17, 15) is 9.90 Å². The van der Waals surface area contributed by atoms with Gasteiger partial charge in [0.05, 0.1) is 16.1 Å². The van der Waals surface area contributed by atoms with Crippen molar-refractivity contribution >= 4 is 28.4 Å². The minimum absolute atomic E-state index is 0.110. The summed E-state index contributed by atoms with van der Waals surface area (Å²) in [5, 5.41) is 19.7. The molecule has 0 spiro atoms. The van der Waals surface area contributed by atoms with Crippen molar-refractivity contribution < 1.29 is 9.90 Å². The molecule has 0 amide bonds. The van der Waals surface area contributed by atoms with Gasteiger partial charge in [-0.1, -0.05) is 29.8 Å². The lowest BCUT2D eigenvalue weighted by Gasteiger charge is -2.56. The van der Waals surface area contributed by atoms with Crippen molar-refractivity contribution in [1.29, 1.82) is 0 Å². The van der Waals surface area contributed by atoms with Crippen LogP contribution in [0.2, 0.25) is 5.02 Å². The van der Waals surface area contributed by atoms with Crippen LogP contribution in [0, 0.1) is 40.9 Å². The Morgan fingerprint density at radius 3 is 2.76 bits per heavy atom. The number of benzene rings is 1. The fraction of sp³-hybridized carbons (Fsp3) is 0.741. The quantitative estimate of drug-likeness (QED) is 0.628. The first kappa shape index (κ1) is 22.0. The molecule has 6 heteroatoms. The molecule has 0 saturated heterocycles. The van der Waals surface area contributed by atoms with Gasteiger partial charge in [0.1, 0.15) is 12.1 Å². The second-order valence-electron chi connectivity index (χ2n) is 12.2. The van der Waals surface area contributed by atoms with Crippen molar-refractivity contribution in [3.05, 3.63) is 23.2 Å². The number of ketones is 1. The third kappa shape index (κ3) is 3.48. The summed E-state index contributed by atoms with van der Waals surface area (Å²) < 4.78 is 1.74. The van der Waals surface area contributed by atoms with E-state index in [4.69, 9.17) is 11.6 Å². The normalized spacial score (nSPS) is 42.5. The van der Waals surface area contributed by atoms with Gasteiger partial charge in [-0.2, -0.15) is 0 Å². The SMILES string of the molecule is CC1(O)CCC2C(CCC3C2CCC2(C)C(C(=O)Cn4nnc5c(Cl)cccc54)CCC32)C1. The summed E-state index contributed by atoms with van der Waals surface area (Å²) in [6.45, 7) is 4.74. The van der Waals surface area contributed by atoms with Gasteiger partial charge in [-0.05, 0) is 112 Å². The van der Waals surface area contributed by atoms with Crippen molar-refractivity contribution in [2.24, 2.45) is 40.9 Å². The highest BCUT2D eigenvalue weighted by Crippen LogP contribution is 2.64. The van der Waals surface area contributed by atoms with Crippen LogP contribution in [0.5, 0.6) is 0 Å². The van der Waals surface area contributed by atoms with Gasteiger partial charge in [0.15, 0.2) is 5.78 Å². The predicted octanol–water partition coefficient (Wildman–Crippen LogP) is 5.67. The molecule has 0 radical (unpaired) electrons. The summed E-state index contributed by atoms with van der Waals surface area (Å²) in [7, 11) is 0. The molecule has 4 aliphatic carbocycles. The molecule has 1 N–H and O–H groups in total. The Morgan fingerprint density at radius 1 is 1.09 bits per heavy atom. The van der Waals surface area contributed by atoms with Crippen molar-refractivity contribution in [1.82, 2.24) is 15.0 Å². The summed E-state index contributed by atoms with van der Waals surface area (Å²) in [6, 6.07) is 5.65. The first-order valence-corrected chi connectivity index (χ1v) is 13.4. The molecule has 8 unspecified atom stereocenters. The summed E-state index contributed by atoms with van der Waals surface area (Å²) >= 11 is 6.26. The Morgan fingerprint density at radius 2 is 1.91 bits per heavy atom. The van der Waals surface area contributed by atoms with Gasteiger partial charge in [-0.3, -0.25) is 4.79 Å². The highest BCUT2D eigenvalue weighted by Gasteiger charge is 2.58. The van der Waals surface area contributed by atoms with Crippen molar-refractivity contribution in [2.75, 3.05) is 0 Å². The average molecular weight is 470 g/mol. The Kier molecular flexibility index (Phi) is 5.19. The van der Waals surface area contributed by atoms with Crippen LogP contribution in [0.15, 0.2) is 18.2 Å². The number of aromatic nitrogens is 3. The molecule has 0 bridgehead atoms. The van der Waals surface area contributed by atoms with E-state index in [-0.39, 0.29) is 17.9 Å². The van der Waals surface area contributed by atoms with Crippen LogP contribution >= 0.6 is 11.6 Å². The van der Waals surface area contributed by atoms with Gasteiger partial charge in [-0.25, -0.2) is 4.68 Å². The van der Waals surface area contributed by atoms with E-state index < -0.39 is 5.60 Å². The van der Waals surface area contributed by atoms with Crippen LogP contribution in [0.1, 0.15) is 71.6 Å². The van der Waals surface area contributed by atoms with E-state index >= 15 is 0 Å². The molecule has 8 atom stereocenters. The number of carbonyl (C=O) groups is 1. The standard InChI is InChI=1S/C27H36ClN3O2/c1-26(33)12-10-17-16(14-26)6-7-19-18(17)11-13-27(2)20(19)8-9-21(27)24(32)15-31-23-5-3-4-22(28)25(23)29-30-31/h3-5,16-21,33H,6-15H2,1-2H3. The topological polar surface area (TPSA) is 68.0 Å². The van der Waals surface area contributed by atoms with E-state index in [0.717, 1.165) is 42.5 Å². The number of halogens is 1. The van der Waals surface area contributed by atoms with Gasteiger partial charge in [0, 0.05) is 5.92 Å².